The molecule has 1 aliphatic rings. The fourth-order valence-electron chi connectivity index (χ4n) is 2.60. The standard InChI is InChI=1S/C16H26N4OS/c1-2-17-16(18-11-14-9-6-10-22-14)19-12-15(21)20-13-7-4-3-5-8-13/h6,9-10,13H,2-5,7-8,11-12H2,1H3,(H,20,21)(H2,17,18,19). The summed E-state index contributed by atoms with van der Waals surface area (Å²) in [6.45, 7) is 3.70. The van der Waals surface area contributed by atoms with Crippen molar-refractivity contribution in [3.8, 4) is 0 Å². The van der Waals surface area contributed by atoms with E-state index in [0.717, 1.165) is 25.9 Å². The number of hydrogen-bond donors (Lipinski definition) is 3. The molecule has 5 nitrogen and oxygen atoms in total. The minimum Gasteiger partial charge on any atom is -0.357 e. The summed E-state index contributed by atoms with van der Waals surface area (Å²) in [5, 5.41) is 11.6. The molecule has 2 rings (SSSR count). The summed E-state index contributed by atoms with van der Waals surface area (Å²) in [6, 6.07) is 4.46. The van der Waals surface area contributed by atoms with Crippen LogP contribution in [0.15, 0.2) is 22.5 Å². The number of carbonyl (C=O) groups excluding carboxylic acids is 1. The lowest BCUT2D eigenvalue weighted by Crippen LogP contribution is -2.40. The van der Waals surface area contributed by atoms with Crippen LogP contribution < -0.4 is 16.0 Å². The molecule has 3 N–H and O–H groups in total. The minimum absolute atomic E-state index is 0.0141. The summed E-state index contributed by atoms with van der Waals surface area (Å²) in [5.41, 5.74) is 0. The van der Waals surface area contributed by atoms with Gasteiger partial charge in [0.2, 0.25) is 5.91 Å². The Hall–Kier alpha value is -1.56. The molecule has 0 saturated heterocycles. The van der Waals surface area contributed by atoms with Crippen molar-refractivity contribution < 1.29 is 4.79 Å². The molecule has 122 valence electrons. The van der Waals surface area contributed by atoms with Gasteiger partial charge in [0.05, 0.1) is 6.54 Å². The topological polar surface area (TPSA) is 65.5 Å². The Labute approximate surface area is 136 Å². The first-order valence-electron chi connectivity index (χ1n) is 8.12. The molecule has 0 aromatic carbocycles. The van der Waals surface area contributed by atoms with E-state index in [1.54, 1.807) is 11.3 Å². The van der Waals surface area contributed by atoms with Gasteiger partial charge >= 0.3 is 0 Å². The van der Waals surface area contributed by atoms with E-state index in [9.17, 15) is 4.79 Å². The summed E-state index contributed by atoms with van der Waals surface area (Å²) in [5.74, 6) is 0.704. The van der Waals surface area contributed by atoms with Gasteiger partial charge in [-0.3, -0.25) is 4.79 Å². The molecule has 0 aliphatic heterocycles. The van der Waals surface area contributed by atoms with Crippen molar-refractivity contribution in [3.05, 3.63) is 22.4 Å². The maximum atomic E-state index is 12.0. The SMILES string of the molecule is CCNC(=NCC(=O)NC1CCCCC1)NCc1cccs1. The highest BCUT2D eigenvalue weighted by atomic mass is 32.1. The summed E-state index contributed by atoms with van der Waals surface area (Å²) in [7, 11) is 0. The van der Waals surface area contributed by atoms with Gasteiger partial charge in [-0.25, -0.2) is 4.99 Å². The molecule has 1 aromatic heterocycles. The molecule has 1 amide bonds. The largest absolute Gasteiger partial charge is 0.357 e. The molecule has 0 unspecified atom stereocenters. The zero-order valence-electron chi connectivity index (χ0n) is 13.2. The highest BCUT2D eigenvalue weighted by Crippen LogP contribution is 2.17. The Morgan fingerprint density at radius 2 is 2.14 bits per heavy atom. The number of carbonyl (C=O) groups is 1. The average Bonchev–Trinajstić information content (AvgIpc) is 3.04. The van der Waals surface area contributed by atoms with Crippen molar-refractivity contribution in [2.24, 2.45) is 4.99 Å². The van der Waals surface area contributed by atoms with E-state index in [4.69, 9.17) is 0 Å². The monoisotopic (exact) mass is 322 g/mol. The van der Waals surface area contributed by atoms with Gasteiger partial charge in [0.25, 0.3) is 0 Å². The first kappa shape index (κ1) is 16.8. The second kappa shape index (κ2) is 9.46. The molecule has 1 heterocycles. The van der Waals surface area contributed by atoms with Crippen molar-refractivity contribution in [1.82, 2.24) is 16.0 Å². The quantitative estimate of drug-likeness (QED) is 0.556. The van der Waals surface area contributed by atoms with Crippen LogP contribution >= 0.6 is 11.3 Å². The van der Waals surface area contributed by atoms with Gasteiger partial charge < -0.3 is 16.0 Å². The van der Waals surface area contributed by atoms with Crippen molar-refractivity contribution >= 4 is 23.2 Å². The van der Waals surface area contributed by atoms with E-state index in [1.807, 2.05) is 13.0 Å². The van der Waals surface area contributed by atoms with E-state index in [0.29, 0.717) is 12.0 Å². The molecule has 0 radical (unpaired) electrons. The maximum Gasteiger partial charge on any atom is 0.242 e. The molecular formula is C16H26N4OS. The summed E-state index contributed by atoms with van der Waals surface area (Å²) >= 11 is 1.71. The highest BCUT2D eigenvalue weighted by Gasteiger charge is 2.15. The number of rotatable bonds is 6. The first-order chi connectivity index (χ1) is 10.8. The van der Waals surface area contributed by atoms with Crippen LogP contribution in [0.4, 0.5) is 0 Å². The van der Waals surface area contributed by atoms with Crippen LogP contribution in [0.3, 0.4) is 0 Å². The third kappa shape index (κ3) is 6.05. The van der Waals surface area contributed by atoms with E-state index >= 15 is 0 Å². The lowest BCUT2D eigenvalue weighted by Gasteiger charge is -2.22. The van der Waals surface area contributed by atoms with Crippen molar-refractivity contribution in [2.75, 3.05) is 13.1 Å². The second-order valence-electron chi connectivity index (χ2n) is 5.53. The number of amides is 1. The number of guanidine groups is 1. The highest BCUT2D eigenvalue weighted by molar-refractivity contribution is 7.09. The summed E-state index contributed by atoms with van der Waals surface area (Å²) in [6.07, 6.45) is 5.94. The Bertz CT molecular complexity index is 467. The molecule has 0 bridgehead atoms. The van der Waals surface area contributed by atoms with Gasteiger partial charge in [-0.2, -0.15) is 0 Å². The van der Waals surface area contributed by atoms with Crippen LogP contribution in [-0.4, -0.2) is 31.0 Å². The fraction of sp³-hybridized carbons (Fsp3) is 0.625. The van der Waals surface area contributed by atoms with Crippen LogP contribution in [0, 0.1) is 0 Å². The lowest BCUT2D eigenvalue weighted by atomic mass is 9.95. The Morgan fingerprint density at radius 3 is 2.82 bits per heavy atom. The number of nitrogens with zero attached hydrogens (tertiary/aromatic N) is 1. The van der Waals surface area contributed by atoms with Gasteiger partial charge in [-0.05, 0) is 31.2 Å². The maximum absolute atomic E-state index is 12.0. The van der Waals surface area contributed by atoms with Gasteiger partial charge in [-0.15, -0.1) is 11.3 Å². The summed E-state index contributed by atoms with van der Waals surface area (Å²) < 4.78 is 0. The van der Waals surface area contributed by atoms with Crippen molar-refractivity contribution in [2.45, 2.75) is 51.6 Å². The molecule has 1 aliphatic carbocycles. The predicted octanol–water partition coefficient (Wildman–Crippen LogP) is 2.25. The molecule has 1 saturated carbocycles. The average molecular weight is 322 g/mol. The van der Waals surface area contributed by atoms with Crippen molar-refractivity contribution in [3.63, 3.8) is 0 Å². The van der Waals surface area contributed by atoms with E-state index in [-0.39, 0.29) is 12.5 Å². The van der Waals surface area contributed by atoms with Gasteiger partial charge in [0.15, 0.2) is 5.96 Å². The number of nitrogens with one attached hydrogen (secondary N) is 3. The third-order valence-corrected chi connectivity index (χ3v) is 4.58. The first-order valence-corrected chi connectivity index (χ1v) is 9.00. The van der Waals surface area contributed by atoms with Crippen LogP contribution in [-0.2, 0) is 11.3 Å². The third-order valence-electron chi connectivity index (χ3n) is 3.71. The van der Waals surface area contributed by atoms with E-state index in [2.05, 4.69) is 32.4 Å². The van der Waals surface area contributed by atoms with Gasteiger partial charge in [-0.1, -0.05) is 25.3 Å². The Balaban J connectivity index is 1.76. The molecule has 6 heteroatoms. The molecule has 1 aromatic rings. The normalized spacial score (nSPS) is 16.3. The van der Waals surface area contributed by atoms with Gasteiger partial charge in [0.1, 0.15) is 6.54 Å². The molecule has 0 atom stereocenters. The number of thiophene rings is 1. The zero-order chi connectivity index (χ0) is 15.6. The molecule has 1 fully saturated rings. The Morgan fingerprint density at radius 1 is 1.32 bits per heavy atom. The number of aliphatic imine (C=N–C) groups is 1. The van der Waals surface area contributed by atoms with Crippen molar-refractivity contribution in [1.29, 1.82) is 0 Å². The van der Waals surface area contributed by atoms with Crippen LogP contribution in [0.5, 0.6) is 0 Å². The molecular weight excluding hydrogens is 296 g/mol. The van der Waals surface area contributed by atoms with Gasteiger partial charge in [0, 0.05) is 17.5 Å². The minimum atomic E-state index is 0.0141. The smallest absolute Gasteiger partial charge is 0.242 e. The van der Waals surface area contributed by atoms with E-state index in [1.165, 1.54) is 24.1 Å². The zero-order valence-corrected chi connectivity index (χ0v) is 14.0. The number of hydrogen-bond acceptors (Lipinski definition) is 3. The lowest BCUT2D eigenvalue weighted by molar-refractivity contribution is -0.120. The van der Waals surface area contributed by atoms with Crippen LogP contribution in [0.1, 0.15) is 43.9 Å². The Kier molecular flexibility index (Phi) is 7.22. The molecule has 0 spiro atoms. The molecule has 22 heavy (non-hydrogen) atoms. The predicted molar refractivity (Wildman–Crippen MR) is 92.2 cm³/mol. The second-order valence-corrected chi connectivity index (χ2v) is 6.56. The fourth-order valence-corrected chi connectivity index (χ4v) is 3.24. The van der Waals surface area contributed by atoms with Crippen LogP contribution in [0.2, 0.25) is 0 Å². The van der Waals surface area contributed by atoms with E-state index < -0.39 is 0 Å². The summed E-state index contributed by atoms with van der Waals surface area (Å²) in [4.78, 5) is 17.6. The van der Waals surface area contributed by atoms with Crippen LogP contribution in [0.25, 0.3) is 0 Å².